The van der Waals surface area contributed by atoms with Crippen LogP contribution in [0.5, 0.6) is 11.5 Å². The summed E-state index contributed by atoms with van der Waals surface area (Å²) in [6.07, 6.45) is 1.45. The summed E-state index contributed by atoms with van der Waals surface area (Å²) in [5.41, 5.74) is 2.43. The first kappa shape index (κ1) is 25.6. The Morgan fingerprint density at radius 2 is 1.64 bits per heavy atom. The van der Waals surface area contributed by atoms with Crippen LogP contribution >= 0.6 is 11.3 Å². The van der Waals surface area contributed by atoms with Gasteiger partial charge in [-0.05, 0) is 58.5 Å². The van der Waals surface area contributed by atoms with Gasteiger partial charge in [-0.3, -0.25) is 9.59 Å². The number of aliphatic carboxylic acids is 1. The molecule has 2 aromatic carbocycles. The van der Waals surface area contributed by atoms with E-state index in [9.17, 15) is 19.5 Å². The molecule has 1 saturated carbocycles. The van der Waals surface area contributed by atoms with Gasteiger partial charge in [-0.25, -0.2) is 4.79 Å². The van der Waals surface area contributed by atoms with E-state index in [0.29, 0.717) is 21.9 Å². The van der Waals surface area contributed by atoms with Crippen molar-refractivity contribution in [3.63, 3.8) is 0 Å². The maximum atomic E-state index is 14.3. The van der Waals surface area contributed by atoms with E-state index < -0.39 is 29.9 Å². The topological polar surface area (TPSA) is 93.1 Å². The van der Waals surface area contributed by atoms with Crippen molar-refractivity contribution in [2.45, 2.75) is 57.0 Å². The highest BCUT2D eigenvalue weighted by atomic mass is 32.1. The first-order valence-electron chi connectivity index (χ1n) is 13.3. The number of nitrogens with zero attached hydrogens (tertiary/aromatic N) is 1. The highest BCUT2D eigenvalue weighted by Crippen LogP contribution is 2.54. The number of carbonyl (C=O) groups is 3. The lowest BCUT2D eigenvalue weighted by Crippen LogP contribution is -2.44. The summed E-state index contributed by atoms with van der Waals surface area (Å²) in [5, 5.41) is 12.5. The molecule has 3 aromatic rings. The number of carbonyl (C=O) groups excluding carboxylic acids is 2. The van der Waals surface area contributed by atoms with Crippen LogP contribution in [0.4, 0.5) is 0 Å². The normalized spacial score (nSPS) is 24.1. The Morgan fingerprint density at radius 3 is 2.26 bits per heavy atom. The number of thiophene rings is 1. The van der Waals surface area contributed by atoms with E-state index in [2.05, 4.69) is 20.8 Å². The van der Waals surface area contributed by atoms with Crippen molar-refractivity contribution >= 4 is 29.0 Å². The first-order valence-corrected chi connectivity index (χ1v) is 14.2. The highest BCUT2D eigenvalue weighted by Gasteiger charge is 2.59. The van der Waals surface area contributed by atoms with Crippen molar-refractivity contribution in [2.75, 3.05) is 6.79 Å². The molecule has 4 unspecified atom stereocenters. The standard InChI is InChI=1S/C31H31NO6S/c1-31(2,3)20-11-8-17(9-12-20)24-25(28(33)23-5-4-14-39-23)26(19-10-13-21-22(15-19)38-16-37-21)32(27(24)30(35)36)29(34)18-6-7-18/h4-5,8-15,18,24-27H,6-7,16H2,1-3H3,(H,35,36). The molecule has 39 heavy (non-hydrogen) atoms. The zero-order valence-electron chi connectivity index (χ0n) is 22.1. The maximum Gasteiger partial charge on any atom is 0.327 e. The third-order valence-corrected chi connectivity index (χ3v) is 8.95. The third-order valence-electron chi connectivity index (χ3n) is 8.07. The Balaban J connectivity index is 1.55. The summed E-state index contributed by atoms with van der Waals surface area (Å²) in [5.74, 6) is -2.11. The van der Waals surface area contributed by atoms with Crippen molar-refractivity contribution in [1.29, 1.82) is 0 Å². The number of rotatable bonds is 6. The van der Waals surface area contributed by atoms with Crippen LogP contribution in [0.2, 0.25) is 0 Å². The van der Waals surface area contributed by atoms with Crippen LogP contribution in [-0.2, 0) is 15.0 Å². The van der Waals surface area contributed by atoms with E-state index in [0.717, 1.165) is 24.0 Å². The van der Waals surface area contributed by atoms with Gasteiger partial charge in [0.2, 0.25) is 12.7 Å². The molecule has 1 aromatic heterocycles. The largest absolute Gasteiger partial charge is 0.480 e. The number of hydrogen-bond donors (Lipinski definition) is 1. The van der Waals surface area contributed by atoms with Gasteiger partial charge in [-0.15, -0.1) is 11.3 Å². The average molecular weight is 546 g/mol. The minimum atomic E-state index is -1.19. The molecule has 1 aliphatic carbocycles. The molecule has 6 rings (SSSR count). The van der Waals surface area contributed by atoms with E-state index in [-0.39, 0.29) is 29.8 Å². The van der Waals surface area contributed by atoms with Gasteiger partial charge in [0.15, 0.2) is 17.3 Å². The second kappa shape index (κ2) is 9.52. The van der Waals surface area contributed by atoms with Crippen LogP contribution in [0.3, 0.4) is 0 Å². The van der Waals surface area contributed by atoms with Crippen molar-refractivity contribution < 1.29 is 29.0 Å². The fraction of sp³-hybridized carbons (Fsp3) is 0.387. The molecular weight excluding hydrogens is 514 g/mol. The molecule has 0 spiro atoms. The third kappa shape index (κ3) is 4.50. The van der Waals surface area contributed by atoms with Crippen molar-refractivity contribution in [3.05, 3.63) is 81.5 Å². The molecule has 3 heterocycles. The summed E-state index contributed by atoms with van der Waals surface area (Å²) in [6, 6.07) is 14.9. The van der Waals surface area contributed by atoms with Gasteiger partial charge >= 0.3 is 5.97 Å². The number of benzene rings is 2. The zero-order chi connectivity index (χ0) is 27.5. The van der Waals surface area contributed by atoms with Crippen molar-refractivity contribution in [2.24, 2.45) is 11.8 Å². The van der Waals surface area contributed by atoms with Gasteiger partial charge < -0.3 is 19.5 Å². The molecule has 1 N–H and O–H groups in total. The first-order chi connectivity index (χ1) is 18.6. The molecule has 7 nitrogen and oxygen atoms in total. The molecule has 4 atom stereocenters. The number of Topliss-reactive ketones (excluding diaryl/α,β-unsaturated/α-hetero) is 1. The quantitative estimate of drug-likeness (QED) is 0.394. The van der Waals surface area contributed by atoms with Crippen LogP contribution in [0.1, 0.15) is 71.9 Å². The van der Waals surface area contributed by atoms with Gasteiger partial charge in [-0.2, -0.15) is 0 Å². The lowest BCUT2D eigenvalue weighted by molar-refractivity contribution is -0.150. The molecule has 2 aliphatic heterocycles. The van der Waals surface area contributed by atoms with Crippen LogP contribution in [0.15, 0.2) is 60.0 Å². The number of carboxylic acids is 1. The van der Waals surface area contributed by atoms with E-state index in [1.165, 1.54) is 16.2 Å². The van der Waals surface area contributed by atoms with E-state index in [1.54, 1.807) is 18.2 Å². The zero-order valence-corrected chi connectivity index (χ0v) is 22.9. The van der Waals surface area contributed by atoms with Crippen LogP contribution in [-0.4, -0.2) is 40.5 Å². The number of fused-ring (bicyclic) bond motifs is 1. The molecule has 1 saturated heterocycles. The Kier molecular flexibility index (Phi) is 6.25. The second-order valence-corrected chi connectivity index (χ2v) is 12.6. The SMILES string of the molecule is CC(C)(C)c1ccc(C2C(C(=O)c3cccs3)C(c3ccc4c(c3)OCO4)N(C(=O)C3CC3)C2C(=O)O)cc1. The molecule has 3 aliphatic rings. The molecule has 202 valence electrons. The van der Waals surface area contributed by atoms with Gasteiger partial charge in [0.25, 0.3) is 0 Å². The summed E-state index contributed by atoms with van der Waals surface area (Å²) in [6.45, 7) is 6.44. The van der Waals surface area contributed by atoms with Crippen LogP contribution < -0.4 is 9.47 Å². The summed E-state index contributed by atoms with van der Waals surface area (Å²) < 4.78 is 11.1. The molecule has 1 amide bonds. The van der Waals surface area contributed by atoms with Crippen molar-refractivity contribution in [3.8, 4) is 11.5 Å². The number of carboxylic acid groups (broad SMARTS) is 1. The van der Waals surface area contributed by atoms with E-state index in [4.69, 9.17) is 9.47 Å². The van der Waals surface area contributed by atoms with Crippen LogP contribution in [0, 0.1) is 11.8 Å². The Hall–Kier alpha value is -3.65. The molecule has 0 bridgehead atoms. The summed E-state index contributed by atoms with van der Waals surface area (Å²) >= 11 is 1.33. The van der Waals surface area contributed by atoms with Crippen LogP contribution in [0.25, 0.3) is 0 Å². The fourth-order valence-corrected chi connectivity index (χ4v) is 6.66. The number of hydrogen-bond acceptors (Lipinski definition) is 6. The van der Waals surface area contributed by atoms with Crippen molar-refractivity contribution in [1.82, 2.24) is 4.90 Å². The predicted octanol–water partition coefficient (Wildman–Crippen LogP) is 5.80. The van der Waals surface area contributed by atoms with E-state index >= 15 is 0 Å². The highest BCUT2D eigenvalue weighted by molar-refractivity contribution is 7.12. The fourth-order valence-electron chi connectivity index (χ4n) is 5.95. The lowest BCUT2D eigenvalue weighted by atomic mass is 9.76. The average Bonchev–Trinajstić information content (AvgIpc) is 3.30. The number of likely N-dealkylation sites (tertiary alicyclic amines) is 1. The second-order valence-electron chi connectivity index (χ2n) is 11.6. The maximum absolute atomic E-state index is 14.3. The minimum absolute atomic E-state index is 0.0877. The van der Waals surface area contributed by atoms with E-state index in [1.807, 2.05) is 41.8 Å². The van der Waals surface area contributed by atoms with Gasteiger partial charge in [0.05, 0.1) is 16.8 Å². The molecule has 8 heteroatoms. The Morgan fingerprint density at radius 1 is 0.949 bits per heavy atom. The Labute approximate surface area is 231 Å². The monoisotopic (exact) mass is 545 g/mol. The summed E-state index contributed by atoms with van der Waals surface area (Å²) in [7, 11) is 0. The number of ether oxygens (including phenoxy) is 2. The molecular formula is C31H31NO6S. The minimum Gasteiger partial charge on any atom is -0.480 e. The lowest BCUT2D eigenvalue weighted by Gasteiger charge is -2.30. The number of amides is 1. The Bertz CT molecular complexity index is 1420. The molecule has 2 fully saturated rings. The number of ketones is 1. The van der Waals surface area contributed by atoms with Gasteiger partial charge in [0.1, 0.15) is 6.04 Å². The summed E-state index contributed by atoms with van der Waals surface area (Å²) in [4.78, 5) is 43.2. The predicted molar refractivity (Wildman–Crippen MR) is 146 cm³/mol. The van der Waals surface area contributed by atoms with Gasteiger partial charge in [0, 0.05) is 11.8 Å². The van der Waals surface area contributed by atoms with Gasteiger partial charge in [-0.1, -0.05) is 57.2 Å². The smallest absolute Gasteiger partial charge is 0.327 e. The molecule has 0 radical (unpaired) electrons.